The molecule has 2 rings (SSSR count). The van der Waals surface area contributed by atoms with Crippen LogP contribution in [0.4, 0.5) is 10.5 Å². The van der Waals surface area contributed by atoms with Gasteiger partial charge in [0.05, 0.1) is 0 Å². The molecule has 19 heavy (non-hydrogen) atoms. The number of hydrogen-bond acceptors (Lipinski definition) is 2. The predicted octanol–water partition coefficient (Wildman–Crippen LogP) is 1.55. The van der Waals surface area contributed by atoms with Crippen molar-refractivity contribution in [2.45, 2.75) is 13.3 Å². The molecule has 1 N–H and O–H groups in total. The van der Waals surface area contributed by atoms with Gasteiger partial charge in [-0.3, -0.25) is 4.79 Å². The highest BCUT2D eigenvalue weighted by Gasteiger charge is 2.19. The van der Waals surface area contributed by atoms with Crippen molar-refractivity contribution in [2.24, 2.45) is 0 Å². The average Bonchev–Trinajstić information content (AvgIpc) is 2.47. The zero-order valence-electron chi connectivity index (χ0n) is 11.1. The van der Waals surface area contributed by atoms with Gasteiger partial charge in [0.1, 0.15) is 0 Å². The number of amides is 3. The normalized spacial score (nSPS) is 15.2. The van der Waals surface area contributed by atoms with Crippen LogP contribution < -0.4 is 5.32 Å². The summed E-state index contributed by atoms with van der Waals surface area (Å²) in [5, 5.41) is 2.90. The smallest absolute Gasteiger partial charge is 0.321 e. The quantitative estimate of drug-likeness (QED) is 0.839. The molecule has 1 heterocycles. The lowest BCUT2D eigenvalue weighted by Crippen LogP contribution is -2.49. The number of anilines is 1. The molecule has 3 amide bonds. The number of nitrogens with one attached hydrogen (secondary N) is 1. The number of carbonyl (C=O) groups is 2. The van der Waals surface area contributed by atoms with Crippen molar-refractivity contribution < 1.29 is 9.59 Å². The fourth-order valence-corrected chi connectivity index (χ4v) is 2.10. The van der Waals surface area contributed by atoms with Gasteiger partial charge >= 0.3 is 6.03 Å². The highest BCUT2D eigenvalue weighted by atomic mass is 16.2. The number of aryl methyl sites for hydroxylation is 1. The highest BCUT2D eigenvalue weighted by molar-refractivity contribution is 5.89. The summed E-state index contributed by atoms with van der Waals surface area (Å²) in [5.74, 6) is 0. The van der Waals surface area contributed by atoms with Crippen molar-refractivity contribution >= 4 is 18.1 Å². The van der Waals surface area contributed by atoms with E-state index >= 15 is 0 Å². The summed E-state index contributed by atoms with van der Waals surface area (Å²) in [4.78, 5) is 26.1. The first-order chi connectivity index (χ1) is 9.22. The van der Waals surface area contributed by atoms with Gasteiger partial charge in [0, 0.05) is 31.9 Å². The van der Waals surface area contributed by atoms with Crippen LogP contribution in [-0.2, 0) is 11.2 Å². The topological polar surface area (TPSA) is 52.7 Å². The fraction of sp³-hybridized carbons (Fsp3) is 0.429. The molecule has 102 valence electrons. The van der Waals surface area contributed by atoms with Gasteiger partial charge in [0.15, 0.2) is 0 Å². The van der Waals surface area contributed by atoms with E-state index in [-0.39, 0.29) is 6.03 Å². The van der Waals surface area contributed by atoms with Gasteiger partial charge in [0.2, 0.25) is 6.41 Å². The summed E-state index contributed by atoms with van der Waals surface area (Å²) in [6, 6.07) is 7.76. The lowest BCUT2D eigenvalue weighted by Gasteiger charge is -2.32. The van der Waals surface area contributed by atoms with Crippen molar-refractivity contribution in [3.05, 3.63) is 29.8 Å². The van der Waals surface area contributed by atoms with Gasteiger partial charge in [-0.25, -0.2) is 4.79 Å². The zero-order chi connectivity index (χ0) is 13.7. The van der Waals surface area contributed by atoms with Crippen LogP contribution in [0.1, 0.15) is 12.5 Å². The van der Waals surface area contributed by atoms with E-state index in [9.17, 15) is 9.59 Å². The summed E-state index contributed by atoms with van der Waals surface area (Å²) in [6.45, 7) is 4.45. The van der Waals surface area contributed by atoms with Gasteiger partial charge in [-0.2, -0.15) is 0 Å². The van der Waals surface area contributed by atoms with Crippen LogP contribution in [0, 0.1) is 0 Å². The van der Waals surface area contributed by atoms with Crippen molar-refractivity contribution in [3.63, 3.8) is 0 Å². The van der Waals surface area contributed by atoms with Crippen LogP contribution >= 0.6 is 0 Å². The summed E-state index contributed by atoms with van der Waals surface area (Å²) in [7, 11) is 0. The Morgan fingerprint density at radius 2 is 2.05 bits per heavy atom. The van der Waals surface area contributed by atoms with Crippen LogP contribution in [0.25, 0.3) is 0 Å². The maximum absolute atomic E-state index is 12.1. The molecule has 0 aromatic heterocycles. The van der Waals surface area contributed by atoms with Crippen LogP contribution in [0.5, 0.6) is 0 Å². The van der Waals surface area contributed by atoms with E-state index in [2.05, 4.69) is 12.2 Å². The van der Waals surface area contributed by atoms with Crippen molar-refractivity contribution in [1.82, 2.24) is 9.80 Å². The molecular formula is C14H19N3O2. The fourth-order valence-electron chi connectivity index (χ4n) is 2.10. The Balaban J connectivity index is 1.92. The molecule has 1 aliphatic rings. The van der Waals surface area contributed by atoms with E-state index in [0.717, 1.165) is 18.5 Å². The third kappa shape index (κ3) is 3.47. The molecule has 0 atom stereocenters. The molecule has 0 saturated carbocycles. The van der Waals surface area contributed by atoms with Crippen LogP contribution in [0.2, 0.25) is 0 Å². The Kier molecular flexibility index (Phi) is 4.39. The number of nitrogens with zero attached hydrogens (tertiary/aromatic N) is 2. The molecule has 0 spiro atoms. The Morgan fingerprint density at radius 3 is 2.68 bits per heavy atom. The molecule has 1 aromatic carbocycles. The highest BCUT2D eigenvalue weighted by Crippen LogP contribution is 2.12. The number of benzene rings is 1. The Hall–Kier alpha value is -2.04. The first-order valence-corrected chi connectivity index (χ1v) is 6.57. The van der Waals surface area contributed by atoms with E-state index in [1.54, 1.807) is 9.80 Å². The monoisotopic (exact) mass is 261 g/mol. The van der Waals surface area contributed by atoms with Crippen molar-refractivity contribution in [3.8, 4) is 0 Å². The molecule has 1 saturated heterocycles. The van der Waals surface area contributed by atoms with Gasteiger partial charge in [-0.15, -0.1) is 0 Å². The average molecular weight is 261 g/mol. The van der Waals surface area contributed by atoms with E-state index in [0.29, 0.717) is 26.2 Å². The lowest BCUT2D eigenvalue weighted by molar-refractivity contribution is -0.119. The summed E-state index contributed by atoms with van der Waals surface area (Å²) < 4.78 is 0. The first kappa shape index (κ1) is 13.4. The first-order valence-electron chi connectivity index (χ1n) is 6.57. The van der Waals surface area contributed by atoms with Crippen molar-refractivity contribution in [1.29, 1.82) is 0 Å². The summed E-state index contributed by atoms with van der Waals surface area (Å²) in [6.07, 6.45) is 1.78. The largest absolute Gasteiger partial charge is 0.342 e. The van der Waals surface area contributed by atoms with Crippen LogP contribution in [0.3, 0.4) is 0 Å². The summed E-state index contributed by atoms with van der Waals surface area (Å²) in [5.41, 5.74) is 2.02. The van der Waals surface area contributed by atoms with Gasteiger partial charge in [-0.1, -0.05) is 19.1 Å². The van der Waals surface area contributed by atoms with Gasteiger partial charge in [-0.05, 0) is 24.1 Å². The molecule has 0 aliphatic carbocycles. The number of carbonyl (C=O) groups excluding carboxylic acids is 2. The SMILES string of the molecule is CCc1cccc(NC(=O)N2CCN(C=O)CC2)c1. The number of urea groups is 1. The second-order valence-electron chi connectivity index (χ2n) is 4.61. The second-order valence-corrected chi connectivity index (χ2v) is 4.61. The molecule has 0 unspecified atom stereocenters. The van der Waals surface area contributed by atoms with E-state index in [1.807, 2.05) is 24.3 Å². The molecule has 1 aliphatic heterocycles. The minimum Gasteiger partial charge on any atom is -0.342 e. The molecule has 1 aromatic rings. The molecule has 5 nitrogen and oxygen atoms in total. The van der Waals surface area contributed by atoms with E-state index in [4.69, 9.17) is 0 Å². The number of rotatable bonds is 3. The van der Waals surface area contributed by atoms with Crippen LogP contribution in [0.15, 0.2) is 24.3 Å². The third-order valence-electron chi connectivity index (χ3n) is 3.34. The Morgan fingerprint density at radius 1 is 1.32 bits per heavy atom. The zero-order valence-corrected chi connectivity index (χ0v) is 11.1. The Labute approximate surface area is 113 Å². The maximum Gasteiger partial charge on any atom is 0.321 e. The standard InChI is InChI=1S/C14H19N3O2/c1-2-12-4-3-5-13(10-12)15-14(19)17-8-6-16(11-18)7-9-17/h3-5,10-11H,2,6-9H2,1H3,(H,15,19). The predicted molar refractivity (Wildman–Crippen MR) is 74.0 cm³/mol. The van der Waals surface area contributed by atoms with Gasteiger partial charge < -0.3 is 15.1 Å². The second kappa shape index (κ2) is 6.22. The third-order valence-corrected chi connectivity index (χ3v) is 3.34. The van der Waals surface area contributed by atoms with Crippen molar-refractivity contribution in [2.75, 3.05) is 31.5 Å². The Bertz CT molecular complexity index is 454. The molecular weight excluding hydrogens is 242 g/mol. The number of piperazine rings is 1. The molecule has 0 radical (unpaired) electrons. The molecule has 1 fully saturated rings. The minimum absolute atomic E-state index is 0.0983. The number of hydrogen-bond donors (Lipinski definition) is 1. The lowest BCUT2D eigenvalue weighted by atomic mass is 10.1. The molecule has 5 heteroatoms. The maximum atomic E-state index is 12.1. The van der Waals surface area contributed by atoms with E-state index in [1.165, 1.54) is 5.56 Å². The minimum atomic E-state index is -0.0983. The van der Waals surface area contributed by atoms with Crippen LogP contribution in [-0.4, -0.2) is 48.4 Å². The summed E-state index contributed by atoms with van der Waals surface area (Å²) >= 11 is 0. The molecule has 0 bridgehead atoms. The van der Waals surface area contributed by atoms with Gasteiger partial charge in [0.25, 0.3) is 0 Å². The van der Waals surface area contributed by atoms with E-state index < -0.39 is 0 Å².